The molecule has 0 spiro atoms. The third kappa shape index (κ3) is 3.43. The van der Waals surface area contributed by atoms with Crippen LogP contribution in [0, 0.1) is 0 Å². The fourth-order valence-corrected chi connectivity index (χ4v) is 2.86. The molecule has 7 heteroatoms. The molecule has 116 valence electrons. The second kappa shape index (κ2) is 6.69. The third-order valence-electron chi connectivity index (χ3n) is 3.70. The molecule has 1 N–H and O–H groups in total. The molecule has 0 radical (unpaired) electrons. The van der Waals surface area contributed by atoms with Crippen molar-refractivity contribution in [2.45, 2.75) is 0 Å². The number of aromatic nitrogens is 2. The van der Waals surface area contributed by atoms with Crippen molar-refractivity contribution >= 4 is 40.5 Å². The molecule has 5 nitrogen and oxygen atoms in total. The van der Waals surface area contributed by atoms with Gasteiger partial charge in [0.15, 0.2) is 0 Å². The monoisotopic (exact) mass is 337 g/mol. The molecule has 0 unspecified atom stereocenters. The van der Waals surface area contributed by atoms with Crippen LogP contribution < -0.4 is 10.2 Å². The number of nitrogens with zero attached hydrogens (tertiary/aromatic N) is 4. The second-order valence-corrected chi connectivity index (χ2v) is 6.09. The molecule has 3 rings (SSSR count). The Kier molecular flexibility index (Phi) is 4.66. The third-order valence-corrected chi connectivity index (χ3v) is 4.33. The van der Waals surface area contributed by atoms with Crippen molar-refractivity contribution in [1.29, 1.82) is 0 Å². The zero-order chi connectivity index (χ0) is 15.5. The van der Waals surface area contributed by atoms with E-state index >= 15 is 0 Å². The molecule has 2 heterocycles. The van der Waals surface area contributed by atoms with Gasteiger partial charge in [-0.25, -0.2) is 9.97 Å². The van der Waals surface area contributed by atoms with E-state index in [1.54, 1.807) is 18.5 Å². The largest absolute Gasteiger partial charge is 0.354 e. The maximum absolute atomic E-state index is 6.18. The van der Waals surface area contributed by atoms with E-state index in [4.69, 9.17) is 23.2 Å². The molecule has 1 aliphatic heterocycles. The Labute approximate surface area is 139 Å². The van der Waals surface area contributed by atoms with Gasteiger partial charge in [-0.05, 0) is 19.2 Å². The molecule has 0 bridgehead atoms. The number of halogens is 2. The number of hydrogen-bond donors (Lipinski definition) is 1. The summed E-state index contributed by atoms with van der Waals surface area (Å²) in [6.45, 7) is 3.98. The molecule has 22 heavy (non-hydrogen) atoms. The van der Waals surface area contributed by atoms with Crippen LogP contribution in [0.1, 0.15) is 0 Å². The average Bonchev–Trinajstić information content (AvgIpc) is 2.52. The fourth-order valence-electron chi connectivity index (χ4n) is 2.37. The lowest BCUT2D eigenvalue weighted by atomic mass is 10.3. The van der Waals surface area contributed by atoms with E-state index in [2.05, 4.69) is 32.1 Å². The summed E-state index contributed by atoms with van der Waals surface area (Å²) in [5.41, 5.74) is 0.661. The zero-order valence-corrected chi connectivity index (χ0v) is 13.8. The van der Waals surface area contributed by atoms with E-state index in [9.17, 15) is 0 Å². The van der Waals surface area contributed by atoms with E-state index in [0.29, 0.717) is 21.6 Å². The highest BCUT2D eigenvalue weighted by Crippen LogP contribution is 2.32. The first kappa shape index (κ1) is 15.3. The fraction of sp³-hybridized carbons (Fsp3) is 0.333. The van der Waals surface area contributed by atoms with Gasteiger partial charge in [0.05, 0.1) is 15.7 Å². The van der Waals surface area contributed by atoms with Gasteiger partial charge in [-0.3, -0.25) is 0 Å². The Bertz CT molecular complexity index is 636. The number of piperazine rings is 1. The van der Waals surface area contributed by atoms with Gasteiger partial charge in [0.25, 0.3) is 0 Å². The van der Waals surface area contributed by atoms with Crippen LogP contribution in [0.4, 0.5) is 17.3 Å². The maximum atomic E-state index is 6.18. The minimum atomic E-state index is 0.562. The second-order valence-electron chi connectivity index (χ2n) is 5.27. The summed E-state index contributed by atoms with van der Waals surface area (Å²) in [6, 6.07) is 7.31. The van der Waals surface area contributed by atoms with E-state index in [-0.39, 0.29) is 0 Å². The van der Waals surface area contributed by atoms with Gasteiger partial charge in [0.1, 0.15) is 18.0 Å². The van der Waals surface area contributed by atoms with Crippen LogP contribution in [0.25, 0.3) is 0 Å². The Morgan fingerprint density at radius 3 is 2.41 bits per heavy atom. The summed E-state index contributed by atoms with van der Waals surface area (Å²) < 4.78 is 0. The first-order valence-electron chi connectivity index (χ1n) is 7.10. The number of likely N-dealkylation sites (N-methyl/N-ethyl adjacent to an activating group) is 1. The summed E-state index contributed by atoms with van der Waals surface area (Å²) in [4.78, 5) is 13.2. The van der Waals surface area contributed by atoms with Gasteiger partial charge in [0, 0.05) is 32.2 Å². The standard InChI is InChI=1S/C15H17Cl2N5/c1-21-5-7-22(8-6-21)14-9-13(18-10-19-14)20-15-11(16)3-2-4-12(15)17/h2-4,9-10H,5-8H2,1H3,(H,18,19,20). The van der Waals surface area contributed by atoms with Crippen molar-refractivity contribution < 1.29 is 0 Å². The molecule has 0 aliphatic carbocycles. The highest BCUT2D eigenvalue weighted by atomic mass is 35.5. The molecule has 1 saturated heterocycles. The molecular weight excluding hydrogens is 321 g/mol. The zero-order valence-electron chi connectivity index (χ0n) is 12.3. The van der Waals surface area contributed by atoms with Gasteiger partial charge in [-0.1, -0.05) is 29.3 Å². The Morgan fingerprint density at radius 2 is 1.73 bits per heavy atom. The molecule has 0 saturated carbocycles. The number of benzene rings is 1. The minimum Gasteiger partial charge on any atom is -0.354 e. The van der Waals surface area contributed by atoms with Crippen LogP contribution in [0.2, 0.25) is 10.0 Å². The molecule has 2 aromatic rings. The normalized spacial score (nSPS) is 15.9. The lowest BCUT2D eigenvalue weighted by Gasteiger charge is -2.33. The van der Waals surface area contributed by atoms with Crippen molar-refractivity contribution in [2.24, 2.45) is 0 Å². The lowest BCUT2D eigenvalue weighted by Crippen LogP contribution is -2.44. The Morgan fingerprint density at radius 1 is 1.05 bits per heavy atom. The van der Waals surface area contributed by atoms with Crippen molar-refractivity contribution in [3.63, 3.8) is 0 Å². The van der Waals surface area contributed by atoms with E-state index in [1.807, 2.05) is 12.1 Å². The topological polar surface area (TPSA) is 44.3 Å². The predicted octanol–water partition coefficient (Wildman–Crippen LogP) is 3.28. The Balaban J connectivity index is 1.79. The van der Waals surface area contributed by atoms with Crippen molar-refractivity contribution in [2.75, 3.05) is 43.4 Å². The number of para-hydroxylation sites is 1. The van der Waals surface area contributed by atoms with Gasteiger partial charge in [0.2, 0.25) is 0 Å². The molecule has 0 atom stereocenters. The van der Waals surface area contributed by atoms with Crippen LogP contribution in [-0.4, -0.2) is 48.1 Å². The first-order valence-corrected chi connectivity index (χ1v) is 7.85. The molecule has 1 aromatic carbocycles. The number of rotatable bonds is 3. The molecule has 0 amide bonds. The van der Waals surface area contributed by atoms with E-state index in [1.165, 1.54) is 0 Å². The van der Waals surface area contributed by atoms with Crippen LogP contribution in [0.5, 0.6) is 0 Å². The molecular formula is C15H17Cl2N5. The van der Waals surface area contributed by atoms with Crippen LogP contribution in [0.15, 0.2) is 30.6 Å². The number of hydrogen-bond acceptors (Lipinski definition) is 5. The number of nitrogens with one attached hydrogen (secondary N) is 1. The Hall–Kier alpha value is -1.56. The minimum absolute atomic E-state index is 0.562. The molecule has 1 aliphatic rings. The summed E-state index contributed by atoms with van der Waals surface area (Å²) in [5.74, 6) is 1.59. The van der Waals surface area contributed by atoms with Crippen molar-refractivity contribution in [1.82, 2.24) is 14.9 Å². The predicted molar refractivity (Wildman–Crippen MR) is 91.5 cm³/mol. The SMILES string of the molecule is CN1CCN(c2cc(Nc3c(Cl)cccc3Cl)ncn2)CC1. The van der Waals surface area contributed by atoms with Crippen molar-refractivity contribution in [3.05, 3.63) is 40.6 Å². The summed E-state index contributed by atoms with van der Waals surface area (Å²) in [7, 11) is 2.13. The lowest BCUT2D eigenvalue weighted by molar-refractivity contribution is 0.312. The summed E-state index contributed by atoms with van der Waals surface area (Å²) >= 11 is 12.4. The van der Waals surface area contributed by atoms with Gasteiger partial charge in [-0.15, -0.1) is 0 Å². The van der Waals surface area contributed by atoms with Crippen LogP contribution in [-0.2, 0) is 0 Å². The van der Waals surface area contributed by atoms with Gasteiger partial charge >= 0.3 is 0 Å². The first-order chi connectivity index (χ1) is 10.6. The van der Waals surface area contributed by atoms with Crippen molar-refractivity contribution in [3.8, 4) is 0 Å². The summed E-state index contributed by atoms with van der Waals surface area (Å²) in [5, 5.41) is 4.30. The van der Waals surface area contributed by atoms with Gasteiger partial charge < -0.3 is 15.1 Å². The quantitative estimate of drug-likeness (QED) is 0.931. The summed E-state index contributed by atoms with van der Waals surface area (Å²) in [6.07, 6.45) is 1.56. The van der Waals surface area contributed by atoms with E-state index < -0.39 is 0 Å². The molecule has 1 aromatic heterocycles. The highest BCUT2D eigenvalue weighted by molar-refractivity contribution is 6.39. The van der Waals surface area contributed by atoms with Gasteiger partial charge in [-0.2, -0.15) is 0 Å². The maximum Gasteiger partial charge on any atom is 0.135 e. The van der Waals surface area contributed by atoms with Crippen LogP contribution >= 0.6 is 23.2 Å². The number of anilines is 3. The van der Waals surface area contributed by atoms with E-state index in [0.717, 1.165) is 32.0 Å². The highest BCUT2D eigenvalue weighted by Gasteiger charge is 2.16. The smallest absolute Gasteiger partial charge is 0.135 e. The molecule has 1 fully saturated rings. The average molecular weight is 338 g/mol. The van der Waals surface area contributed by atoms with Crippen LogP contribution in [0.3, 0.4) is 0 Å².